The van der Waals surface area contributed by atoms with E-state index in [2.05, 4.69) is 26.0 Å². The molecule has 0 unspecified atom stereocenters. The molecule has 0 aromatic rings. The van der Waals surface area contributed by atoms with E-state index in [1.54, 1.807) is 5.57 Å². The van der Waals surface area contributed by atoms with Gasteiger partial charge in [-0.25, -0.2) is 0 Å². The van der Waals surface area contributed by atoms with Crippen LogP contribution in [0.2, 0.25) is 0 Å². The van der Waals surface area contributed by atoms with Gasteiger partial charge in [0, 0.05) is 0 Å². The fourth-order valence-corrected chi connectivity index (χ4v) is 1.89. The summed E-state index contributed by atoms with van der Waals surface area (Å²) >= 11 is 0. The Labute approximate surface area is 82.7 Å². The molecule has 1 aliphatic carbocycles. The first-order valence-corrected chi connectivity index (χ1v) is 5.70. The molecule has 0 atom stereocenters. The second kappa shape index (κ2) is 6.01. The van der Waals surface area contributed by atoms with E-state index < -0.39 is 0 Å². The maximum absolute atomic E-state index is 2.43. The van der Waals surface area contributed by atoms with Gasteiger partial charge in [-0.1, -0.05) is 43.9 Å². The maximum Gasteiger partial charge on any atom is -0.0280 e. The van der Waals surface area contributed by atoms with Crippen LogP contribution in [0.1, 0.15) is 58.8 Å². The Morgan fingerprint density at radius 3 is 2.54 bits per heavy atom. The fourth-order valence-electron chi connectivity index (χ4n) is 1.89. The van der Waals surface area contributed by atoms with Crippen molar-refractivity contribution in [2.24, 2.45) is 0 Å². The predicted octanol–water partition coefficient (Wildman–Crippen LogP) is 4.62. The van der Waals surface area contributed by atoms with Crippen LogP contribution in [0.15, 0.2) is 23.3 Å². The molecule has 0 aromatic carbocycles. The van der Waals surface area contributed by atoms with Crippen molar-refractivity contribution in [3.63, 3.8) is 0 Å². The first-order valence-electron chi connectivity index (χ1n) is 5.70. The molecule has 0 heteroatoms. The zero-order chi connectivity index (χ0) is 9.52. The van der Waals surface area contributed by atoms with Crippen molar-refractivity contribution in [1.29, 1.82) is 0 Å². The minimum Gasteiger partial charge on any atom is -0.0810 e. The third kappa shape index (κ3) is 3.80. The Morgan fingerprint density at radius 1 is 1.08 bits per heavy atom. The molecule has 74 valence electrons. The van der Waals surface area contributed by atoms with Gasteiger partial charge >= 0.3 is 0 Å². The van der Waals surface area contributed by atoms with Crippen LogP contribution < -0.4 is 0 Å². The van der Waals surface area contributed by atoms with Crippen molar-refractivity contribution >= 4 is 0 Å². The summed E-state index contributed by atoms with van der Waals surface area (Å²) in [5, 5.41) is 0. The molecule has 13 heavy (non-hydrogen) atoms. The lowest BCUT2D eigenvalue weighted by molar-refractivity contribution is 0.663. The number of rotatable bonds is 5. The molecule has 1 aliphatic rings. The van der Waals surface area contributed by atoms with Gasteiger partial charge in [0.05, 0.1) is 0 Å². The van der Waals surface area contributed by atoms with Gasteiger partial charge in [0.25, 0.3) is 0 Å². The highest BCUT2D eigenvalue weighted by atomic mass is 14.1. The normalized spacial score (nSPS) is 16.8. The highest BCUT2D eigenvalue weighted by molar-refractivity contribution is 5.31. The second-order valence-electron chi connectivity index (χ2n) is 4.00. The molecule has 0 amide bonds. The zero-order valence-corrected chi connectivity index (χ0v) is 9.10. The van der Waals surface area contributed by atoms with Gasteiger partial charge in [-0.05, 0) is 38.2 Å². The van der Waals surface area contributed by atoms with E-state index in [9.17, 15) is 0 Å². The van der Waals surface area contributed by atoms with E-state index in [0.29, 0.717) is 0 Å². The van der Waals surface area contributed by atoms with Crippen molar-refractivity contribution in [2.75, 3.05) is 0 Å². The van der Waals surface area contributed by atoms with Crippen LogP contribution in [0.3, 0.4) is 0 Å². The summed E-state index contributed by atoms with van der Waals surface area (Å²) < 4.78 is 0. The molecule has 0 radical (unpaired) electrons. The van der Waals surface area contributed by atoms with Crippen molar-refractivity contribution in [3.05, 3.63) is 23.3 Å². The van der Waals surface area contributed by atoms with Crippen molar-refractivity contribution in [1.82, 2.24) is 0 Å². The molecule has 1 rings (SSSR count). The van der Waals surface area contributed by atoms with Crippen LogP contribution in [-0.2, 0) is 0 Å². The lowest BCUT2D eigenvalue weighted by Gasteiger charge is -2.12. The third-order valence-electron chi connectivity index (χ3n) is 2.81. The van der Waals surface area contributed by atoms with Crippen molar-refractivity contribution < 1.29 is 0 Å². The van der Waals surface area contributed by atoms with Crippen LogP contribution in [0.25, 0.3) is 0 Å². The van der Waals surface area contributed by atoms with E-state index in [1.165, 1.54) is 50.5 Å². The zero-order valence-electron chi connectivity index (χ0n) is 9.10. The summed E-state index contributed by atoms with van der Waals surface area (Å²) in [5.74, 6) is 0. The highest BCUT2D eigenvalue weighted by Gasteiger charge is 2.03. The lowest BCUT2D eigenvalue weighted by Crippen LogP contribution is -1.92. The van der Waals surface area contributed by atoms with Crippen molar-refractivity contribution in [2.45, 2.75) is 58.8 Å². The summed E-state index contributed by atoms with van der Waals surface area (Å²) in [6, 6.07) is 0. The molecule has 0 heterocycles. The topological polar surface area (TPSA) is 0 Å². The molecule has 0 nitrogen and oxygen atoms in total. The van der Waals surface area contributed by atoms with Gasteiger partial charge in [0.1, 0.15) is 0 Å². The molecule has 0 spiro atoms. The molecule has 0 saturated heterocycles. The molecule has 0 aromatic heterocycles. The summed E-state index contributed by atoms with van der Waals surface area (Å²) in [7, 11) is 0. The number of allylic oxidation sites excluding steroid dienone is 4. The Hall–Kier alpha value is -0.520. The van der Waals surface area contributed by atoms with Crippen molar-refractivity contribution in [3.8, 4) is 0 Å². The largest absolute Gasteiger partial charge is 0.0810 e. The number of unbranched alkanes of at least 4 members (excludes halogenated alkanes) is 3. The number of hydrogen-bond acceptors (Lipinski definition) is 0. The van der Waals surface area contributed by atoms with Crippen LogP contribution in [0, 0.1) is 0 Å². The van der Waals surface area contributed by atoms with Crippen LogP contribution in [-0.4, -0.2) is 0 Å². The molecule has 0 fully saturated rings. The predicted molar refractivity (Wildman–Crippen MR) is 59.8 cm³/mol. The molecule has 0 aliphatic heterocycles. The van der Waals surface area contributed by atoms with E-state index in [4.69, 9.17) is 0 Å². The molecular formula is C13H22. The minimum absolute atomic E-state index is 1.25. The quantitative estimate of drug-likeness (QED) is 0.539. The van der Waals surface area contributed by atoms with Gasteiger partial charge < -0.3 is 0 Å². The molecular weight excluding hydrogens is 156 g/mol. The first-order chi connectivity index (χ1) is 6.34. The monoisotopic (exact) mass is 178 g/mol. The SMILES string of the molecule is CCCCCCC1=CCCC=C1C. The average molecular weight is 178 g/mol. The fraction of sp³-hybridized carbons (Fsp3) is 0.692. The molecule has 0 N–H and O–H groups in total. The standard InChI is InChI=1S/C13H22/c1-3-4-5-6-10-13-11-8-7-9-12(13)2/h9,11H,3-8,10H2,1-2H3. The van der Waals surface area contributed by atoms with Gasteiger partial charge in [-0.2, -0.15) is 0 Å². The smallest absolute Gasteiger partial charge is 0.0280 e. The summed E-state index contributed by atoms with van der Waals surface area (Å²) in [5.41, 5.74) is 3.14. The summed E-state index contributed by atoms with van der Waals surface area (Å²) in [4.78, 5) is 0. The van der Waals surface area contributed by atoms with Crippen LogP contribution in [0.5, 0.6) is 0 Å². The summed E-state index contributed by atoms with van der Waals surface area (Å²) in [6.07, 6.45) is 14.2. The van der Waals surface area contributed by atoms with Crippen LogP contribution >= 0.6 is 0 Å². The number of hydrogen-bond donors (Lipinski definition) is 0. The molecule has 0 saturated carbocycles. The van der Waals surface area contributed by atoms with E-state index in [1.807, 2.05) is 0 Å². The van der Waals surface area contributed by atoms with Gasteiger partial charge in [-0.15, -0.1) is 0 Å². The maximum atomic E-state index is 2.43. The van der Waals surface area contributed by atoms with Gasteiger partial charge in [0.15, 0.2) is 0 Å². The lowest BCUT2D eigenvalue weighted by atomic mass is 9.94. The first kappa shape index (κ1) is 10.6. The van der Waals surface area contributed by atoms with E-state index in [0.717, 1.165) is 0 Å². The Morgan fingerprint density at radius 2 is 1.85 bits per heavy atom. The minimum atomic E-state index is 1.25. The summed E-state index contributed by atoms with van der Waals surface area (Å²) in [6.45, 7) is 4.52. The van der Waals surface area contributed by atoms with E-state index in [-0.39, 0.29) is 0 Å². The van der Waals surface area contributed by atoms with Gasteiger partial charge in [-0.3, -0.25) is 0 Å². The van der Waals surface area contributed by atoms with E-state index >= 15 is 0 Å². The second-order valence-corrected chi connectivity index (χ2v) is 4.00. The third-order valence-corrected chi connectivity index (χ3v) is 2.81. The Balaban J connectivity index is 2.20. The molecule has 0 bridgehead atoms. The Bertz CT molecular complexity index is 196. The van der Waals surface area contributed by atoms with Crippen LogP contribution in [0.4, 0.5) is 0 Å². The Kier molecular flexibility index (Phi) is 4.88. The average Bonchev–Trinajstić information content (AvgIpc) is 2.15. The highest BCUT2D eigenvalue weighted by Crippen LogP contribution is 2.23. The van der Waals surface area contributed by atoms with Gasteiger partial charge in [0.2, 0.25) is 0 Å².